The lowest BCUT2D eigenvalue weighted by atomic mass is 10.2. The van der Waals surface area contributed by atoms with Gasteiger partial charge in [-0.25, -0.2) is 4.98 Å². The molecule has 1 aromatic heterocycles. The molecule has 9 heteroatoms. The predicted molar refractivity (Wildman–Crippen MR) is 120 cm³/mol. The number of anilines is 4. The Morgan fingerprint density at radius 1 is 1.03 bits per heavy atom. The SMILES string of the molecule is CC(C)COc1ccc(Nc2ncc(C(F)(F)F)c(Nc3cccc(I)c3)n2)cc1. The van der Waals surface area contributed by atoms with Gasteiger partial charge in [0.2, 0.25) is 5.95 Å². The van der Waals surface area contributed by atoms with Crippen molar-refractivity contribution in [3.8, 4) is 5.75 Å². The zero-order chi connectivity index (χ0) is 21.7. The summed E-state index contributed by atoms with van der Waals surface area (Å²) in [4.78, 5) is 7.88. The second kappa shape index (κ2) is 9.50. The zero-order valence-corrected chi connectivity index (χ0v) is 18.5. The van der Waals surface area contributed by atoms with Crippen molar-refractivity contribution in [2.24, 2.45) is 5.92 Å². The maximum atomic E-state index is 13.4. The lowest BCUT2D eigenvalue weighted by Gasteiger charge is -2.15. The van der Waals surface area contributed by atoms with Gasteiger partial charge in [0.05, 0.1) is 6.61 Å². The van der Waals surface area contributed by atoms with Crippen LogP contribution in [0.2, 0.25) is 0 Å². The quantitative estimate of drug-likeness (QED) is 0.338. The number of alkyl halides is 3. The molecule has 0 bridgehead atoms. The van der Waals surface area contributed by atoms with Crippen LogP contribution in [0, 0.1) is 9.49 Å². The van der Waals surface area contributed by atoms with Gasteiger partial charge in [0, 0.05) is 21.1 Å². The van der Waals surface area contributed by atoms with Crippen LogP contribution in [-0.2, 0) is 6.18 Å². The van der Waals surface area contributed by atoms with Crippen molar-refractivity contribution >= 4 is 45.7 Å². The van der Waals surface area contributed by atoms with E-state index < -0.39 is 11.7 Å². The van der Waals surface area contributed by atoms with Crippen LogP contribution in [-0.4, -0.2) is 16.6 Å². The first-order valence-electron chi connectivity index (χ1n) is 9.17. The van der Waals surface area contributed by atoms with E-state index >= 15 is 0 Å². The van der Waals surface area contributed by atoms with Crippen molar-refractivity contribution in [2.75, 3.05) is 17.2 Å². The first-order chi connectivity index (χ1) is 14.2. The average Bonchev–Trinajstić information content (AvgIpc) is 2.67. The number of hydrogen-bond acceptors (Lipinski definition) is 5. The molecule has 2 aromatic carbocycles. The molecule has 0 unspecified atom stereocenters. The minimum Gasteiger partial charge on any atom is -0.493 e. The topological polar surface area (TPSA) is 59.1 Å². The van der Waals surface area contributed by atoms with E-state index in [0.29, 0.717) is 29.6 Å². The molecule has 0 amide bonds. The molecule has 0 aliphatic heterocycles. The minimum absolute atomic E-state index is 0.0481. The van der Waals surface area contributed by atoms with Crippen LogP contribution in [0.5, 0.6) is 5.75 Å². The summed E-state index contributed by atoms with van der Waals surface area (Å²) in [5.74, 6) is 0.844. The molecule has 30 heavy (non-hydrogen) atoms. The van der Waals surface area contributed by atoms with Crippen LogP contribution in [0.1, 0.15) is 19.4 Å². The van der Waals surface area contributed by atoms with Gasteiger partial charge in [0.1, 0.15) is 17.1 Å². The molecular weight excluding hydrogens is 508 g/mol. The van der Waals surface area contributed by atoms with Crippen molar-refractivity contribution in [2.45, 2.75) is 20.0 Å². The van der Waals surface area contributed by atoms with Gasteiger partial charge >= 0.3 is 6.18 Å². The third-order valence-corrected chi connectivity index (χ3v) is 4.55. The van der Waals surface area contributed by atoms with E-state index in [2.05, 4.69) is 57.0 Å². The maximum absolute atomic E-state index is 13.4. The summed E-state index contributed by atoms with van der Waals surface area (Å²) >= 11 is 2.09. The van der Waals surface area contributed by atoms with Crippen LogP contribution in [0.15, 0.2) is 54.7 Å². The Morgan fingerprint density at radius 2 is 1.77 bits per heavy atom. The third kappa shape index (κ3) is 6.22. The van der Waals surface area contributed by atoms with Gasteiger partial charge in [-0.2, -0.15) is 18.2 Å². The van der Waals surface area contributed by atoms with E-state index in [1.165, 1.54) is 0 Å². The molecule has 0 radical (unpaired) electrons. The fourth-order valence-electron chi connectivity index (χ4n) is 2.47. The fourth-order valence-corrected chi connectivity index (χ4v) is 3.02. The summed E-state index contributed by atoms with van der Waals surface area (Å²) in [7, 11) is 0. The van der Waals surface area contributed by atoms with Crippen LogP contribution in [0.4, 0.5) is 36.3 Å². The molecule has 0 atom stereocenters. The molecule has 158 valence electrons. The van der Waals surface area contributed by atoms with Gasteiger partial charge in [-0.1, -0.05) is 19.9 Å². The highest BCUT2D eigenvalue weighted by molar-refractivity contribution is 14.1. The second-order valence-corrected chi connectivity index (χ2v) is 8.19. The van der Waals surface area contributed by atoms with Crippen LogP contribution < -0.4 is 15.4 Å². The summed E-state index contributed by atoms with van der Waals surface area (Å²) in [6.07, 6.45) is -3.82. The first kappa shape index (κ1) is 22.1. The molecule has 0 aliphatic rings. The highest BCUT2D eigenvalue weighted by Gasteiger charge is 2.35. The lowest BCUT2D eigenvalue weighted by molar-refractivity contribution is -0.137. The Bertz CT molecular complexity index is 994. The second-order valence-electron chi connectivity index (χ2n) is 6.94. The molecule has 5 nitrogen and oxygen atoms in total. The maximum Gasteiger partial charge on any atom is 0.421 e. The van der Waals surface area contributed by atoms with Crippen molar-refractivity contribution < 1.29 is 17.9 Å². The lowest BCUT2D eigenvalue weighted by Crippen LogP contribution is -2.12. The molecule has 3 rings (SSSR count). The fraction of sp³-hybridized carbons (Fsp3) is 0.238. The molecule has 0 saturated heterocycles. The molecular formula is C21H20F3IN4O. The molecule has 1 heterocycles. The predicted octanol–water partition coefficient (Wildman–Crippen LogP) is 6.62. The van der Waals surface area contributed by atoms with Crippen molar-refractivity contribution in [3.05, 3.63) is 63.9 Å². The Morgan fingerprint density at radius 3 is 2.40 bits per heavy atom. The normalized spacial score (nSPS) is 11.4. The Kier molecular flexibility index (Phi) is 7.01. The molecule has 0 saturated carbocycles. The van der Waals surface area contributed by atoms with E-state index in [9.17, 15) is 13.2 Å². The van der Waals surface area contributed by atoms with Gasteiger partial charge in [0.25, 0.3) is 0 Å². The number of rotatable bonds is 7. The smallest absolute Gasteiger partial charge is 0.421 e. The van der Waals surface area contributed by atoms with Crippen molar-refractivity contribution in [1.82, 2.24) is 9.97 Å². The largest absolute Gasteiger partial charge is 0.493 e. The van der Waals surface area contributed by atoms with Crippen LogP contribution in [0.3, 0.4) is 0 Å². The number of benzene rings is 2. The highest BCUT2D eigenvalue weighted by Crippen LogP contribution is 2.35. The molecule has 2 N–H and O–H groups in total. The molecule has 0 spiro atoms. The summed E-state index contributed by atoms with van der Waals surface area (Å²) < 4.78 is 46.7. The number of halogens is 4. The Labute approximate surface area is 186 Å². The van der Waals surface area contributed by atoms with Crippen molar-refractivity contribution in [1.29, 1.82) is 0 Å². The van der Waals surface area contributed by atoms with E-state index in [0.717, 1.165) is 9.77 Å². The van der Waals surface area contributed by atoms with Gasteiger partial charge in [-0.05, 0) is 71.0 Å². The third-order valence-electron chi connectivity index (χ3n) is 3.88. The first-order valence-corrected chi connectivity index (χ1v) is 10.3. The van der Waals surface area contributed by atoms with Crippen LogP contribution >= 0.6 is 22.6 Å². The van der Waals surface area contributed by atoms with Gasteiger partial charge in [-0.3, -0.25) is 0 Å². The van der Waals surface area contributed by atoms with Crippen LogP contribution in [0.25, 0.3) is 0 Å². The monoisotopic (exact) mass is 528 g/mol. The Hall–Kier alpha value is -2.56. The zero-order valence-electron chi connectivity index (χ0n) is 16.3. The molecule has 3 aromatic rings. The summed E-state index contributed by atoms with van der Waals surface area (Å²) in [6.45, 7) is 4.71. The molecule has 0 aliphatic carbocycles. The molecule has 0 fully saturated rings. The van der Waals surface area contributed by atoms with Crippen molar-refractivity contribution in [3.63, 3.8) is 0 Å². The summed E-state index contributed by atoms with van der Waals surface area (Å²) in [5.41, 5.74) is 0.194. The van der Waals surface area contributed by atoms with E-state index in [1.807, 2.05) is 6.07 Å². The highest BCUT2D eigenvalue weighted by atomic mass is 127. The number of nitrogens with zero attached hydrogens (tertiary/aromatic N) is 2. The summed E-state index contributed by atoms with van der Waals surface area (Å²) in [5, 5.41) is 5.67. The average molecular weight is 528 g/mol. The van der Waals surface area contributed by atoms with Gasteiger partial charge in [0.15, 0.2) is 0 Å². The van der Waals surface area contributed by atoms with E-state index in [4.69, 9.17) is 4.74 Å². The number of ether oxygens (including phenoxy) is 1. The Balaban J connectivity index is 1.82. The number of nitrogens with one attached hydrogen (secondary N) is 2. The number of hydrogen-bond donors (Lipinski definition) is 2. The van der Waals surface area contributed by atoms with Gasteiger partial charge in [-0.15, -0.1) is 0 Å². The van der Waals surface area contributed by atoms with E-state index in [1.54, 1.807) is 42.5 Å². The van der Waals surface area contributed by atoms with E-state index in [-0.39, 0.29) is 11.8 Å². The minimum atomic E-state index is -4.59. The number of aromatic nitrogens is 2. The van der Waals surface area contributed by atoms with Gasteiger partial charge < -0.3 is 15.4 Å². The standard InChI is InChI=1S/C21H20F3IN4O/c1-13(2)12-30-17-8-6-15(7-9-17)28-20-26-11-18(21(22,23)24)19(29-20)27-16-5-3-4-14(25)10-16/h3-11,13H,12H2,1-2H3,(H2,26,27,28,29). The summed E-state index contributed by atoms with van der Waals surface area (Å²) in [6, 6.07) is 14.1.